The molecule has 1 aromatic heterocycles. The first kappa shape index (κ1) is 12.0. The standard InChI is InChI=1S/C16H19N3O/c1-2-15-13(4-6-20-15)8-12(1)14-10-18-16(19-14)7-11-3-5-17-9-11/h1-2,8,10-11,17H,3-7,9H2,(H,18,19). The fourth-order valence-electron chi connectivity index (χ4n) is 3.13. The maximum atomic E-state index is 5.55. The number of hydrogen-bond acceptors (Lipinski definition) is 3. The third-order valence-electron chi connectivity index (χ3n) is 4.27. The van der Waals surface area contributed by atoms with Crippen LogP contribution in [0.15, 0.2) is 24.4 Å². The van der Waals surface area contributed by atoms with E-state index in [-0.39, 0.29) is 0 Å². The number of aromatic nitrogens is 2. The van der Waals surface area contributed by atoms with Gasteiger partial charge in [0.2, 0.25) is 0 Å². The summed E-state index contributed by atoms with van der Waals surface area (Å²) in [7, 11) is 0. The Bertz CT molecular complexity index is 614. The van der Waals surface area contributed by atoms with Gasteiger partial charge in [-0.05, 0) is 49.2 Å². The fourth-order valence-corrected chi connectivity index (χ4v) is 3.13. The first-order valence-corrected chi connectivity index (χ1v) is 7.39. The Balaban J connectivity index is 1.55. The normalized spacial score (nSPS) is 20.9. The second-order valence-corrected chi connectivity index (χ2v) is 5.73. The molecule has 1 fully saturated rings. The number of nitrogens with one attached hydrogen (secondary N) is 2. The van der Waals surface area contributed by atoms with Crippen molar-refractivity contribution >= 4 is 0 Å². The monoisotopic (exact) mass is 269 g/mol. The van der Waals surface area contributed by atoms with Crippen molar-refractivity contribution < 1.29 is 4.74 Å². The maximum absolute atomic E-state index is 5.55. The molecule has 0 saturated carbocycles. The van der Waals surface area contributed by atoms with Gasteiger partial charge in [0.25, 0.3) is 0 Å². The quantitative estimate of drug-likeness (QED) is 0.897. The SMILES string of the molecule is c1cc2c(cc1-c1cnc(CC3CCNC3)[nH]1)CCO2. The van der Waals surface area contributed by atoms with Crippen LogP contribution >= 0.6 is 0 Å². The van der Waals surface area contributed by atoms with Gasteiger partial charge < -0.3 is 15.0 Å². The molecule has 1 unspecified atom stereocenters. The Morgan fingerprint density at radius 2 is 2.35 bits per heavy atom. The zero-order valence-electron chi connectivity index (χ0n) is 11.5. The number of imidazole rings is 1. The van der Waals surface area contributed by atoms with Gasteiger partial charge in [0, 0.05) is 18.4 Å². The Kier molecular flexibility index (Phi) is 2.96. The first-order valence-electron chi connectivity index (χ1n) is 7.39. The van der Waals surface area contributed by atoms with Crippen LogP contribution in [0.1, 0.15) is 17.8 Å². The molecule has 20 heavy (non-hydrogen) atoms. The minimum absolute atomic E-state index is 0.724. The molecule has 2 N–H and O–H groups in total. The van der Waals surface area contributed by atoms with E-state index in [1.54, 1.807) is 0 Å². The summed E-state index contributed by atoms with van der Waals surface area (Å²) in [5.41, 5.74) is 3.62. The van der Waals surface area contributed by atoms with E-state index in [4.69, 9.17) is 4.74 Å². The number of H-pyrrole nitrogens is 1. The van der Waals surface area contributed by atoms with Gasteiger partial charge in [-0.15, -0.1) is 0 Å². The number of fused-ring (bicyclic) bond motifs is 1. The van der Waals surface area contributed by atoms with Gasteiger partial charge in [-0.2, -0.15) is 0 Å². The molecular weight excluding hydrogens is 250 g/mol. The van der Waals surface area contributed by atoms with Crippen molar-refractivity contribution in [3.05, 3.63) is 35.8 Å². The third kappa shape index (κ3) is 2.20. The summed E-state index contributed by atoms with van der Waals surface area (Å²) in [5, 5.41) is 3.40. The Labute approximate surface area is 118 Å². The van der Waals surface area contributed by atoms with Crippen LogP contribution < -0.4 is 10.1 Å². The molecule has 0 bridgehead atoms. The van der Waals surface area contributed by atoms with Crippen LogP contribution in [-0.4, -0.2) is 29.7 Å². The summed E-state index contributed by atoms with van der Waals surface area (Å²) in [6.45, 7) is 3.07. The largest absolute Gasteiger partial charge is 0.493 e. The van der Waals surface area contributed by atoms with Gasteiger partial charge in [0.1, 0.15) is 11.6 Å². The summed E-state index contributed by atoms with van der Waals surface area (Å²) in [4.78, 5) is 8.00. The fraction of sp³-hybridized carbons (Fsp3) is 0.438. The molecule has 0 aliphatic carbocycles. The Morgan fingerprint density at radius 1 is 1.35 bits per heavy atom. The highest BCUT2D eigenvalue weighted by molar-refractivity contribution is 5.62. The third-order valence-corrected chi connectivity index (χ3v) is 4.27. The van der Waals surface area contributed by atoms with E-state index in [0.717, 1.165) is 55.7 Å². The minimum Gasteiger partial charge on any atom is -0.493 e. The van der Waals surface area contributed by atoms with E-state index in [0.29, 0.717) is 0 Å². The highest BCUT2D eigenvalue weighted by Crippen LogP contribution is 2.30. The van der Waals surface area contributed by atoms with Crippen molar-refractivity contribution in [2.45, 2.75) is 19.3 Å². The Morgan fingerprint density at radius 3 is 3.25 bits per heavy atom. The molecule has 1 aromatic carbocycles. The van der Waals surface area contributed by atoms with E-state index in [9.17, 15) is 0 Å². The number of ether oxygens (including phenoxy) is 1. The predicted molar refractivity (Wildman–Crippen MR) is 77.9 cm³/mol. The molecule has 4 heteroatoms. The zero-order valence-corrected chi connectivity index (χ0v) is 11.5. The van der Waals surface area contributed by atoms with Crippen molar-refractivity contribution in [3.8, 4) is 17.0 Å². The molecule has 3 heterocycles. The Hall–Kier alpha value is -1.81. The average molecular weight is 269 g/mol. The smallest absolute Gasteiger partial charge is 0.122 e. The molecule has 4 rings (SSSR count). The van der Waals surface area contributed by atoms with Crippen molar-refractivity contribution in [1.82, 2.24) is 15.3 Å². The number of aromatic amines is 1. The maximum Gasteiger partial charge on any atom is 0.122 e. The van der Waals surface area contributed by atoms with E-state index in [2.05, 4.69) is 33.5 Å². The lowest BCUT2D eigenvalue weighted by Gasteiger charge is -2.05. The van der Waals surface area contributed by atoms with Crippen LogP contribution in [0.25, 0.3) is 11.3 Å². The first-order chi connectivity index (χ1) is 9.88. The van der Waals surface area contributed by atoms with Gasteiger partial charge in [-0.25, -0.2) is 4.98 Å². The van der Waals surface area contributed by atoms with Crippen LogP contribution in [0, 0.1) is 5.92 Å². The van der Waals surface area contributed by atoms with Crippen LogP contribution in [0.5, 0.6) is 5.75 Å². The van der Waals surface area contributed by atoms with Gasteiger partial charge in [-0.3, -0.25) is 0 Å². The molecule has 0 amide bonds. The summed E-state index contributed by atoms with van der Waals surface area (Å²) < 4.78 is 5.55. The molecule has 0 spiro atoms. The highest BCUT2D eigenvalue weighted by atomic mass is 16.5. The molecule has 1 saturated heterocycles. The average Bonchev–Trinajstić information content (AvgIpc) is 3.19. The van der Waals surface area contributed by atoms with E-state index in [1.807, 2.05) is 6.20 Å². The molecule has 2 aromatic rings. The number of hydrogen-bond donors (Lipinski definition) is 2. The van der Waals surface area contributed by atoms with Gasteiger partial charge in [-0.1, -0.05) is 0 Å². The van der Waals surface area contributed by atoms with Gasteiger partial charge in [0.05, 0.1) is 18.5 Å². The molecule has 2 aliphatic heterocycles. The summed E-state index contributed by atoms with van der Waals surface area (Å²) >= 11 is 0. The predicted octanol–water partition coefficient (Wildman–Crippen LogP) is 2.16. The van der Waals surface area contributed by atoms with E-state index >= 15 is 0 Å². The van der Waals surface area contributed by atoms with Crippen molar-refractivity contribution in [2.75, 3.05) is 19.7 Å². The van der Waals surface area contributed by atoms with E-state index in [1.165, 1.54) is 17.5 Å². The van der Waals surface area contributed by atoms with Gasteiger partial charge in [0.15, 0.2) is 0 Å². The summed E-state index contributed by atoms with van der Waals surface area (Å²) in [6, 6.07) is 6.40. The van der Waals surface area contributed by atoms with Crippen LogP contribution in [0.4, 0.5) is 0 Å². The lowest BCUT2D eigenvalue weighted by molar-refractivity contribution is 0.357. The zero-order chi connectivity index (χ0) is 13.4. The second kappa shape index (κ2) is 4.94. The molecule has 1 atom stereocenters. The topological polar surface area (TPSA) is 49.9 Å². The van der Waals surface area contributed by atoms with Gasteiger partial charge >= 0.3 is 0 Å². The minimum atomic E-state index is 0.724. The molecule has 104 valence electrons. The molecular formula is C16H19N3O. The number of benzene rings is 1. The lowest BCUT2D eigenvalue weighted by atomic mass is 10.0. The van der Waals surface area contributed by atoms with Crippen molar-refractivity contribution in [2.24, 2.45) is 5.92 Å². The highest BCUT2D eigenvalue weighted by Gasteiger charge is 2.17. The van der Waals surface area contributed by atoms with Crippen molar-refractivity contribution in [1.29, 1.82) is 0 Å². The summed E-state index contributed by atoms with van der Waals surface area (Å²) in [5.74, 6) is 2.86. The van der Waals surface area contributed by atoms with Crippen molar-refractivity contribution in [3.63, 3.8) is 0 Å². The summed E-state index contributed by atoms with van der Waals surface area (Å²) in [6.07, 6.45) is 5.26. The molecule has 0 radical (unpaired) electrons. The van der Waals surface area contributed by atoms with Crippen LogP contribution in [0.3, 0.4) is 0 Å². The van der Waals surface area contributed by atoms with E-state index < -0.39 is 0 Å². The van der Waals surface area contributed by atoms with Crippen LogP contribution in [0.2, 0.25) is 0 Å². The number of rotatable bonds is 3. The molecule has 2 aliphatic rings. The lowest BCUT2D eigenvalue weighted by Crippen LogP contribution is -2.11. The van der Waals surface area contributed by atoms with Crippen LogP contribution in [-0.2, 0) is 12.8 Å². The molecule has 4 nitrogen and oxygen atoms in total. The number of nitrogens with zero attached hydrogens (tertiary/aromatic N) is 1. The second-order valence-electron chi connectivity index (χ2n) is 5.73.